The number of nitrogens with two attached hydrogens (primary N) is 1. The molecule has 6 heteroatoms. The van der Waals surface area contributed by atoms with Crippen LogP contribution in [-0.4, -0.2) is 22.3 Å². The first-order valence-corrected chi connectivity index (χ1v) is 7.44. The van der Waals surface area contributed by atoms with Gasteiger partial charge in [-0.25, -0.2) is 9.18 Å². The molecule has 3 N–H and O–H groups in total. The summed E-state index contributed by atoms with van der Waals surface area (Å²) in [7, 11) is 0. The third-order valence-corrected chi connectivity index (χ3v) is 3.87. The minimum absolute atomic E-state index is 0.252. The van der Waals surface area contributed by atoms with Crippen LogP contribution in [0.15, 0.2) is 35.7 Å². The number of carbonyl (C=O) groups excluding carboxylic acids is 1. The molecule has 2 rings (SSSR count). The lowest BCUT2D eigenvalue weighted by Crippen LogP contribution is -2.38. The number of benzene rings is 1. The molecule has 1 atom stereocenters. The molecule has 0 bridgehead atoms. The van der Waals surface area contributed by atoms with Gasteiger partial charge in [0.15, 0.2) is 0 Å². The largest absolute Gasteiger partial charge is 0.350 e. The van der Waals surface area contributed by atoms with Crippen LogP contribution in [0.25, 0.3) is 0 Å². The first kappa shape index (κ1) is 16.0. The summed E-state index contributed by atoms with van der Waals surface area (Å²) in [4.78, 5) is 11.6. The van der Waals surface area contributed by atoms with Gasteiger partial charge in [0.2, 0.25) is 0 Å². The minimum atomic E-state index is -0.940. The van der Waals surface area contributed by atoms with Crippen molar-refractivity contribution in [3.05, 3.63) is 57.5 Å². The highest BCUT2D eigenvalue weighted by Gasteiger charge is 2.11. The summed E-state index contributed by atoms with van der Waals surface area (Å²) >= 11 is 1.47. The van der Waals surface area contributed by atoms with Crippen molar-refractivity contribution < 1.29 is 14.4 Å². The molecule has 0 fully saturated rings. The highest BCUT2D eigenvalue weighted by molar-refractivity contribution is 7.10. The fraction of sp³-hybridized carbons (Fsp3) is 0.188. The molecule has 0 aliphatic carbocycles. The van der Waals surface area contributed by atoms with Gasteiger partial charge in [0, 0.05) is 0 Å². The van der Waals surface area contributed by atoms with Crippen molar-refractivity contribution in [3.8, 4) is 11.8 Å². The Morgan fingerprint density at radius 1 is 1.41 bits per heavy atom. The number of hydrogen-bond donors (Lipinski definition) is 2. The summed E-state index contributed by atoms with van der Waals surface area (Å²) in [6.45, 7) is 1.57. The molecule has 4 nitrogen and oxygen atoms in total. The van der Waals surface area contributed by atoms with E-state index in [2.05, 4.69) is 11.8 Å². The van der Waals surface area contributed by atoms with Gasteiger partial charge in [-0.15, -0.1) is 11.3 Å². The van der Waals surface area contributed by atoms with Crippen molar-refractivity contribution in [2.24, 2.45) is 5.73 Å². The van der Waals surface area contributed by atoms with Crippen LogP contribution in [0.5, 0.6) is 0 Å². The van der Waals surface area contributed by atoms with Crippen molar-refractivity contribution in [1.29, 1.82) is 0 Å². The normalized spacial score (nSPS) is 11.4. The zero-order valence-corrected chi connectivity index (χ0v) is 12.7. The summed E-state index contributed by atoms with van der Waals surface area (Å²) in [5.74, 6) is 5.39. The standard InChI is InChI=1S/C16H15FN2O2S/c1-11(19(21)16(18)20)2-7-15-9-13(10-22-15)8-12-3-5-14(17)6-4-12/h3-6,9-11,21H,8H2,1H3,(H2,18,20). The molecule has 0 aliphatic rings. The monoisotopic (exact) mass is 318 g/mol. The Hall–Kier alpha value is -2.36. The van der Waals surface area contributed by atoms with E-state index in [1.165, 1.54) is 23.5 Å². The van der Waals surface area contributed by atoms with E-state index in [9.17, 15) is 14.4 Å². The average Bonchev–Trinajstić information content (AvgIpc) is 2.94. The van der Waals surface area contributed by atoms with Gasteiger partial charge in [-0.1, -0.05) is 24.0 Å². The molecule has 22 heavy (non-hydrogen) atoms. The Bertz CT molecular complexity index is 716. The predicted octanol–water partition coefficient (Wildman–Crippen LogP) is 2.99. The maximum atomic E-state index is 12.9. The summed E-state index contributed by atoms with van der Waals surface area (Å²) in [5.41, 5.74) is 7.04. The van der Waals surface area contributed by atoms with E-state index >= 15 is 0 Å². The second kappa shape index (κ2) is 7.07. The summed E-state index contributed by atoms with van der Waals surface area (Å²) in [6.07, 6.45) is 0.696. The molecule has 0 radical (unpaired) electrons. The Labute approximate surface area is 131 Å². The average molecular weight is 318 g/mol. The van der Waals surface area contributed by atoms with Crippen LogP contribution < -0.4 is 5.73 Å². The van der Waals surface area contributed by atoms with Crippen molar-refractivity contribution in [1.82, 2.24) is 5.06 Å². The van der Waals surface area contributed by atoms with E-state index < -0.39 is 12.1 Å². The number of primary amides is 1. The van der Waals surface area contributed by atoms with E-state index in [0.29, 0.717) is 11.5 Å². The zero-order chi connectivity index (χ0) is 16.1. The van der Waals surface area contributed by atoms with Crippen molar-refractivity contribution in [3.63, 3.8) is 0 Å². The molecule has 1 heterocycles. The van der Waals surface area contributed by atoms with Crippen LogP contribution in [0, 0.1) is 17.7 Å². The van der Waals surface area contributed by atoms with Crippen molar-refractivity contribution in [2.75, 3.05) is 0 Å². The van der Waals surface area contributed by atoms with Crippen LogP contribution in [-0.2, 0) is 6.42 Å². The summed E-state index contributed by atoms with van der Waals surface area (Å²) in [5, 5.41) is 11.7. The third kappa shape index (κ3) is 4.32. The fourth-order valence-corrected chi connectivity index (χ4v) is 2.57. The molecule has 2 amide bonds. The lowest BCUT2D eigenvalue weighted by Gasteiger charge is -2.14. The molecule has 0 saturated heterocycles. The molecule has 114 valence electrons. The van der Waals surface area contributed by atoms with Gasteiger partial charge in [-0.3, -0.25) is 5.21 Å². The molecule has 0 spiro atoms. The van der Waals surface area contributed by atoms with E-state index in [1.807, 2.05) is 11.4 Å². The Morgan fingerprint density at radius 2 is 2.09 bits per heavy atom. The van der Waals surface area contributed by atoms with Crippen LogP contribution in [0.2, 0.25) is 0 Å². The molecule has 1 aromatic carbocycles. The Kier molecular flexibility index (Phi) is 5.15. The fourth-order valence-electron chi connectivity index (χ4n) is 1.80. The lowest BCUT2D eigenvalue weighted by molar-refractivity contribution is -0.0536. The third-order valence-electron chi connectivity index (χ3n) is 2.97. The highest BCUT2D eigenvalue weighted by Crippen LogP contribution is 2.17. The van der Waals surface area contributed by atoms with E-state index in [0.717, 1.165) is 16.0 Å². The number of hydroxylamine groups is 2. The van der Waals surface area contributed by atoms with E-state index in [4.69, 9.17) is 5.73 Å². The maximum Gasteiger partial charge on any atom is 0.339 e. The molecule has 0 saturated carbocycles. The molecule has 2 aromatic rings. The Balaban J connectivity index is 2.03. The van der Waals surface area contributed by atoms with Crippen LogP contribution in [0.4, 0.5) is 9.18 Å². The highest BCUT2D eigenvalue weighted by atomic mass is 32.1. The van der Waals surface area contributed by atoms with Crippen LogP contribution >= 0.6 is 11.3 Å². The second-order valence-electron chi connectivity index (χ2n) is 4.75. The van der Waals surface area contributed by atoms with E-state index in [1.54, 1.807) is 19.1 Å². The van der Waals surface area contributed by atoms with Gasteiger partial charge in [0.25, 0.3) is 0 Å². The number of halogens is 1. The molecular formula is C16H15FN2O2S. The number of hydrogen-bond acceptors (Lipinski definition) is 3. The minimum Gasteiger partial charge on any atom is -0.350 e. The molecule has 0 aliphatic heterocycles. The smallest absolute Gasteiger partial charge is 0.339 e. The number of rotatable bonds is 3. The van der Waals surface area contributed by atoms with Crippen LogP contribution in [0.3, 0.4) is 0 Å². The predicted molar refractivity (Wildman–Crippen MR) is 83.1 cm³/mol. The Morgan fingerprint density at radius 3 is 2.73 bits per heavy atom. The molecular weight excluding hydrogens is 303 g/mol. The number of amides is 2. The first-order chi connectivity index (χ1) is 10.5. The lowest BCUT2D eigenvalue weighted by atomic mass is 10.1. The number of nitrogens with zero attached hydrogens (tertiary/aromatic N) is 1. The van der Waals surface area contributed by atoms with Gasteiger partial charge in [-0.05, 0) is 48.1 Å². The topological polar surface area (TPSA) is 66.6 Å². The zero-order valence-electron chi connectivity index (χ0n) is 11.9. The molecule has 1 unspecified atom stereocenters. The number of urea groups is 1. The molecule has 1 aromatic heterocycles. The van der Waals surface area contributed by atoms with Crippen molar-refractivity contribution in [2.45, 2.75) is 19.4 Å². The van der Waals surface area contributed by atoms with Gasteiger partial charge in [0.05, 0.1) is 4.88 Å². The van der Waals surface area contributed by atoms with Crippen molar-refractivity contribution >= 4 is 17.4 Å². The first-order valence-electron chi connectivity index (χ1n) is 6.56. The van der Waals surface area contributed by atoms with Gasteiger partial charge < -0.3 is 5.73 Å². The second-order valence-corrected chi connectivity index (χ2v) is 5.66. The SMILES string of the molecule is CC(C#Cc1cc(Cc2ccc(F)cc2)cs1)N(O)C(N)=O. The number of carbonyl (C=O) groups is 1. The van der Waals surface area contributed by atoms with E-state index in [-0.39, 0.29) is 5.82 Å². The van der Waals surface area contributed by atoms with Crippen LogP contribution in [0.1, 0.15) is 22.9 Å². The van der Waals surface area contributed by atoms with Gasteiger partial charge in [0.1, 0.15) is 11.9 Å². The maximum absolute atomic E-state index is 12.9. The number of thiophene rings is 1. The summed E-state index contributed by atoms with van der Waals surface area (Å²) in [6, 6.07) is 6.67. The quantitative estimate of drug-likeness (QED) is 0.519. The van der Waals surface area contributed by atoms with Gasteiger partial charge in [-0.2, -0.15) is 5.06 Å². The summed E-state index contributed by atoms with van der Waals surface area (Å²) < 4.78 is 12.9. The van der Waals surface area contributed by atoms with Gasteiger partial charge >= 0.3 is 6.03 Å².